The predicted octanol–water partition coefficient (Wildman–Crippen LogP) is 0.812. The third kappa shape index (κ3) is 6.11. The molecule has 0 heterocycles. The van der Waals surface area contributed by atoms with E-state index in [1.165, 1.54) is 0 Å². The summed E-state index contributed by atoms with van der Waals surface area (Å²) in [6, 6.07) is 0. The highest BCUT2D eigenvalue weighted by atomic mass is 31.1. The minimum absolute atomic E-state index is 0.367. The van der Waals surface area contributed by atoms with Gasteiger partial charge in [0.05, 0.1) is 6.10 Å². The van der Waals surface area contributed by atoms with Crippen molar-refractivity contribution in [3.8, 4) is 0 Å². The van der Waals surface area contributed by atoms with Gasteiger partial charge < -0.3 is 5.11 Å². The Morgan fingerprint density at radius 3 is 2.40 bits per heavy atom. The van der Waals surface area contributed by atoms with Crippen LogP contribution in [-0.4, -0.2) is 22.2 Å². The van der Waals surface area contributed by atoms with E-state index in [2.05, 4.69) is 4.52 Å². The summed E-state index contributed by atoms with van der Waals surface area (Å²) in [4.78, 5) is 8.24. The first kappa shape index (κ1) is 9.98. The van der Waals surface area contributed by atoms with Crippen LogP contribution in [0.4, 0.5) is 0 Å². The van der Waals surface area contributed by atoms with Crippen LogP contribution in [0, 0.1) is 0 Å². The molecule has 0 rings (SSSR count). The van der Waals surface area contributed by atoms with E-state index in [0.717, 1.165) is 0 Å². The molecule has 0 aliphatic rings. The standard InChI is InChI=1S/C5H11O4P/c1-4(6)3-5(2)9-10(7)8/h4-6H,3H2,1-2H3/p+1. The van der Waals surface area contributed by atoms with Gasteiger partial charge in [-0.15, -0.1) is 9.42 Å². The predicted molar refractivity (Wildman–Crippen MR) is 36.7 cm³/mol. The molecule has 0 aliphatic heterocycles. The maximum absolute atomic E-state index is 10.0. The summed E-state index contributed by atoms with van der Waals surface area (Å²) in [5.74, 6) is 0. The minimum Gasteiger partial charge on any atom is -0.393 e. The van der Waals surface area contributed by atoms with Crippen LogP contribution < -0.4 is 0 Å². The smallest absolute Gasteiger partial charge is 0.393 e. The van der Waals surface area contributed by atoms with Gasteiger partial charge in [0, 0.05) is 11.0 Å². The highest BCUT2D eigenvalue weighted by molar-refractivity contribution is 7.32. The van der Waals surface area contributed by atoms with Gasteiger partial charge in [0.25, 0.3) is 0 Å². The number of hydrogen-bond donors (Lipinski definition) is 2. The maximum Gasteiger partial charge on any atom is 0.694 e. The highest BCUT2D eigenvalue weighted by Gasteiger charge is 2.19. The summed E-state index contributed by atoms with van der Waals surface area (Å²) in [5.41, 5.74) is 0. The van der Waals surface area contributed by atoms with Crippen molar-refractivity contribution in [2.45, 2.75) is 32.5 Å². The number of aliphatic hydroxyl groups excluding tert-OH is 1. The average molecular weight is 167 g/mol. The Morgan fingerprint density at radius 2 is 2.10 bits per heavy atom. The minimum atomic E-state index is -2.53. The fraction of sp³-hybridized carbons (Fsp3) is 1.00. The molecule has 5 heteroatoms. The molecular weight excluding hydrogens is 155 g/mol. The van der Waals surface area contributed by atoms with E-state index < -0.39 is 14.4 Å². The lowest BCUT2D eigenvalue weighted by Gasteiger charge is -2.04. The Morgan fingerprint density at radius 1 is 1.60 bits per heavy atom. The van der Waals surface area contributed by atoms with Crippen molar-refractivity contribution in [3.05, 3.63) is 0 Å². The molecule has 0 saturated heterocycles. The second-order valence-electron chi connectivity index (χ2n) is 2.24. The molecule has 3 unspecified atom stereocenters. The van der Waals surface area contributed by atoms with Gasteiger partial charge >= 0.3 is 8.25 Å². The molecule has 0 fully saturated rings. The topological polar surface area (TPSA) is 66.8 Å². The van der Waals surface area contributed by atoms with E-state index in [9.17, 15) is 4.57 Å². The van der Waals surface area contributed by atoms with Crippen molar-refractivity contribution < 1.29 is 19.1 Å². The van der Waals surface area contributed by atoms with E-state index in [0.29, 0.717) is 6.42 Å². The van der Waals surface area contributed by atoms with Crippen LogP contribution in [0.15, 0.2) is 0 Å². The van der Waals surface area contributed by atoms with Crippen molar-refractivity contribution in [2.75, 3.05) is 0 Å². The lowest BCUT2D eigenvalue weighted by atomic mass is 10.2. The van der Waals surface area contributed by atoms with Crippen LogP contribution in [0.2, 0.25) is 0 Å². The van der Waals surface area contributed by atoms with E-state index in [1.807, 2.05) is 0 Å². The molecule has 4 nitrogen and oxygen atoms in total. The van der Waals surface area contributed by atoms with E-state index in [1.54, 1.807) is 13.8 Å². The third-order valence-electron chi connectivity index (χ3n) is 0.943. The van der Waals surface area contributed by atoms with E-state index >= 15 is 0 Å². The fourth-order valence-electron chi connectivity index (χ4n) is 0.677. The summed E-state index contributed by atoms with van der Waals surface area (Å²) < 4.78 is 14.5. The third-order valence-corrected chi connectivity index (χ3v) is 1.48. The number of aliphatic hydroxyl groups is 1. The molecule has 0 amide bonds. The normalized spacial score (nSPS) is 18.2. The average Bonchev–Trinajstić information content (AvgIpc) is 1.58. The van der Waals surface area contributed by atoms with Crippen LogP contribution >= 0.6 is 8.25 Å². The van der Waals surface area contributed by atoms with E-state index in [-0.39, 0.29) is 6.10 Å². The number of hydrogen-bond acceptors (Lipinski definition) is 3. The SMILES string of the molecule is CC(O)CC(C)O[P+](=O)O. The summed E-state index contributed by atoms with van der Waals surface area (Å²) in [6.07, 6.45) is -0.486. The van der Waals surface area contributed by atoms with Crippen molar-refractivity contribution >= 4 is 8.25 Å². The van der Waals surface area contributed by atoms with Gasteiger partial charge in [0.15, 0.2) is 0 Å². The molecule has 0 aromatic heterocycles. The van der Waals surface area contributed by atoms with Gasteiger partial charge in [-0.05, 0) is 13.8 Å². The molecule has 0 radical (unpaired) electrons. The summed E-state index contributed by atoms with van der Waals surface area (Å²) in [7, 11) is -2.53. The van der Waals surface area contributed by atoms with Gasteiger partial charge in [-0.2, -0.15) is 0 Å². The zero-order valence-electron chi connectivity index (χ0n) is 6.02. The first-order valence-corrected chi connectivity index (χ1v) is 4.16. The maximum atomic E-state index is 10.0. The zero-order chi connectivity index (χ0) is 8.15. The van der Waals surface area contributed by atoms with Crippen molar-refractivity contribution in [1.29, 1.82) is 0 Å². The molecule has 10 heavy (non-hydrogen) atoms. The molecule has 0 aromatic rings. The Balaban J connectivity index is 3.43. The fourth-order valence-corrected chi connectivity index (χ4v) is 1.07. The van der Waals surface area contributed by atoms with Crippen molar-refractivity contribution in [2.24, 2.45) is 0 Å². The second-order valence-corrected chi connectivity index (χ2v) is 2.93. The molecule has 0 bridgehead atoms. The van der Waals surface area contributed by atoms with Gasteiger partial charge in [0.1, 0.15) is 6.10 Å². The van der Waals surface area contributed by atoms with E-state index in [4.69, 9.17) is 10.00 Å². The van der Waals surface area contributed by atoms with Gasteiger partial charge in [0.2, 0.25) is 0 Å². The lowest BCUT2D eigenvalue weighted by molar-refractivity contribution is 0.113. The lowest BCUT2D eigenvalue weighted by Crippen LogP contribution is -2.12. The Kier molecular flexibility index (Phi) is 4.73. The second kappa shape index (κ2) is 4.74. The van der Waals surface area contributed by atoms with Crippen molar-refractivity contribution in [1.82, 2.24) is 0 Å². The Bertz CT molecular complexity index is 114. The molecular formula is C5H12O4P+. The highest BCUT2D eigenvalue weighted by Crippen LogP contribution is 2.19. The molecule has 60 valence electrons. The summed E-state index contributed by atoms with van der Waals surface area (Å²) in [5, 5.41) is 8.78. The first-order chi connectivity index (χ1) is 4.52. The molecule has 3 atom stereocenters. The number of rotatable bonds is 4. The van der Waals surface area contributed by atoms with Gasteiger partial charge in [-0.25, -0.2) is 0 Å². The van der Waals surface area contributed by atoms with Gasteiger partial charge in [-0.1, -0.05) is 0 Å². The Hall–Kier alpha value is -0.0200. The summed E-state index contributed by atoms with van der Waals surface area (Å²) in [6.45, 7) is 3.24. The Labute approximate surface area is 60.8 Å². The molecule has 0 aromatic carbocycles. The van der Waals surface area contributed by atoms with Crippen LogP contribution in [0.1, 0.15) is 20.3 Å². The zero-order valence-corrected chi connectivity index (χ0v) is 6.91. The monoisotopic (exact) mass is 167 g/mol. The van der Waals surface area contributed by atoms with Crippen LogP contribution in [0.5, 0.6) is 0 Å². The largest absolute Gasteiger partial charge is 0.694 e. The molecule has 0 aliphatic carbocycles. The van der Waals surface area contributed by atoms with Crippen LogP contribution in [-0.2, 0) is 9.09 Å². The molecule has 0 spiro atoms. The summed E-state index contributed by atoms with van der Waals surface area (Å²) >= 11 is 0. The quantitative estimate of drug-likeness (QED) is 0.608. The molecule has 0 saturated carbocycles. The van der Waals surface area contributed by atoms with Crippen LogP contribution in [0.3, 0.4) is 0 Å². The van der Waals surface area contributed by atoms with Gasteiger partial charge in [-0.3, -0.25) is 0 Å². The molecule has 2 N–H and O–H groups in total. The first-order valence-electron chi connectivity index (χ1n) is 3.03. The van der Waals surface area contributed by atoms with Crippen molar-refractivity contribution in [3.63, 3.8) is 0 Å². The van der Waals surface area contributed by atoms with Crippen LogP contribution in [0.25, 0.3) is 0 Å².